The molecule has 0 heterocycles. The van der Waals surface area contributed by atoms with Crippen molar-refractivity contribution < 1.29 is 18.1 Å². The Kier molecular flexibility index (Phi) is 8.48. The molecule has 0 saturated carbocycles. The van der Waals surface area contributed by atoms with E-state index in [0.29, 0.717) is 0 Å². The predicted molar refractivity (Wildman–Crippen MR) is 50.3 cm³/mol. The van der Waals surface area contributed by atoms with Crippen LogP contribution in [0.1, 0.15) is 20.8 Å². The van der Waals surface area contributed by atoms with Gasteiger partial charge in [0.1, 0.15) is 6.23 Å². The van der Waals surface area contributed by atoms with Crippen LogP contribution in [0.15, 0.2) is 0 Å². The lowest BCUT2D eigenvalue weighted by atomic mass is 10.5. The van der Waals surface area contributed by atoms with Crippen molar-refractivity contribution in [2.75, 3.05) is 13.1 Å². The molecule has 0 aliphatic heterocycles. The summed E-state index contributed by atoms with van der Waals surface area (Å²) in [5, 5.41) is 12.8. The van der Waals surface area contributed by atoms with Crippen molar-refractivity contribution in [3.8, 4) is 0 Å². The molecule has 0 fully saturated rings. The third-order valence-corrected chi connectivity index (χ3v) is 1.34. The average Bonchev–Trinajstić information content (AvgIpc) is 1.85. The van der Waals surface area contributed by atoms with Gasteiger partial charge in [-0.05, 0) is 20.0 Å². The van der Waals surface area contributed by atoms with Crippen molar-refractivity contribution in [2.45, 2.75) is 27.0 Å². The monoisotopic (exact) mass is 214 g/mol. The van der Waals surface area contributed by atoms with Gasteiger partial charge < -0.3 is 5.11 Å². The molecule has 0 rings (SSSR count). The Bertz CT molecular complexity index is 191. The quantitative estimate of drug-likeness (QED) is 0.430. The Morgan fingerprint density at radius 1 is 1.38 bits per heavy atom. The highest BCUT2D eigenvalue weighted by Crippen LogP contribution is 1.91. The van der Waals surface area contributed by atoms with E-state index in [2.05, 4.69) is 5.14 Å². The SMILES string of the molecule is CCN(CC)C(C)O.NS(=O)(=O)O. The van der Waals surface area contributed by atoms with Crippen LogP contribution in [0.5, 0.6) is 0 Å². The Morgan fingerprint density at radius 3 is 1.62 bits per heavy atom. The van der Waals surface area contributed by atoms with E-state index in [9.17, 15) is 0 Å². The van der Waals surface area contributed by atoms with Gasteiger partial charge in [0.25, 0.3) is 0 Å². The first-order valence-electron chi connectivity index (χ1n) is 3.89. The molecule has 0 aliphatic carbocycles. The molecule has 4 N–H and O–H groups in total. The van der Waals surface area contributed by atoms with Crippen LogP contribution in [0.4, 0.5) is 0 Å². The zero-order valence-electron chi connectivity index (χ0n) is 8.14. The number of hydrogen-bond donors (Lipinski definition) is 3. The van der Waals surface area contributed by atoms with Crippen LogP contribution >= 0.6 is 0 Å². The minimum atomic E-state index is -4.17. The number of hydrogen-bond acceptors (Lipinski definition) is 4. The molecule has 0 amide bonds. The Morgan fingerprint density at radius 2 is 1.62 bits per heavy atom. The molecule has 0 spiro atoms. The molecule has 7 heteroatoms. The van der Waals surface area contributed by atoms with Crippen LogP contribution in [-0.2, 0) is 10.3 Å². The third-order valence-electron chi connectivity index (χ3n) is 1.34. The molecule has 0 aromatic rings. The average molecular weight is 214 g/mol. The highest BCUT2D eigenvalue weighted by molar-refractivity contribution is 7.83. The summed E-state index contributed by atoms with van der Waals surface area (Å²) < 4.78 is 25.2. The second-order valence-electron chi connectivity index (χ2n) is 2.37. The van der Waals surface area contributed by atoms with Crippen LogP contribution in [0.3, 0.4) is 0 Å². The number of nitrogens with two attached hydrogens (primary N) is 1. The van der Waals surface area contributed by atoms with Crippen molar-refractivity contribution >= 4 is 10.3 Å². The molecule has 0 radical (unpaired) electrons. The zero-order chi connectivity index (χ0) is 11.1. The topological polar surface area (TPSA) is 104 Å². The van der Waals surface area contributed by atoms with E-state index < -0.39 is 10.3 Å². The number of nitrogens with zero attached hydrogens (tertiary/aromatic N) is 1. The zero-order valence-corrected chi connectivity index (χ0v) is 8.95. The predicted octanol–water partition coefficient (Wildman–Crippen LogP) is -0.586. The van der Waals surface area contributed by atoms with Gasteiger partial charge in [-0.2, -0.15) is 8.42 Å². The van der Waals surface area contributed by atoms with Crippen LogP contribution in [0, 0.1) is 0 Å². The molecule has 13 heavy (non-hydrogen) atoms. The molecule has 6 nitrogen and oxygen atoms in total. The van der Waals surface area contributed by atoms with Crippen LogP contribution < -0.4 is 5.14 Å². The van der Waals surface area contributed by atoms with Gasteiger partial charge in [-0.3, -0.25) is 9.45 Å². The summed E-state index contributed by atoms with van der Waals surface area (Å²) in [5.41, 5.74) is 0. The first kappa shape index (κ1) is 15.3. The normalized spacial score (nSPS) is 13.5. The molecular weight excluding hydrogens is 196 g/mol. The fourth-order valence-corrected chi connectivity index (χ4v) is 0.752. The van der Waals surface area contributed by atoms with E-state index in [0.717, 1.165) is 13.1 Å². The first-order valence-corrected chi connectivity index (χ1v) is 5.40. The van der Waals surface area contributed by atoms with Gasteiger partial charge in [0, 0.05) is 0 Å². The smallest absolute Gasteiger partial charge is 0.330 e. The first-order chi connectivity index (χ1) is 5.72. The molecule has 0 aliphatic rings. The van der Waals surface area contributed by atoms with E-state index in [1.54, 1.807) is 6.92 Å². The fourth-order valence-electron chi connectivity index (χ4n) is 0.752. The van der Waals surface area contributed by atoms with Gasteiger partial charge in [0.15, 0.2) is 0 Å². The second-order valence-corrected chi connectivity index (χ2v) is 3.40. The van der Waals surface area contributed by atoms with Crippen molar-refractivity contribution in [3.63, 3.8) is 0 Å². The van der Waals surface area contributed by atoms with Crippen LogP contribution in [0.2, 0.25) is 0 Å². The Balaban J connectivity index is 0. The van der Waals surface area contributed by atoms with Crippen LogP contribution in [0.25, 0.3) is 0 Å². The van der Waals surface area contributed by atoms with E-state index in [1.165, 1.54) is 0 Å². The maximum Gasteiger partial charge on any atom is 0.330 e. The molecule has 82 valence electrons. The van der Waals surface area contributed by atoms with Crippen LogP contribution in [-0.4, -0.2) is 42.3 Å². The van der Waals surface area contributed by atoms with E-state index in [1.807, 2.05) is 18.7 Å². The molecule has 0 aromatic heterocycles. The van der Waals surface area contributed by atoms with E-state index in [4.69, 9.17) is 18.1 Å². The fraction of sp³-hybridized carbons (Fsp3) is 1.00. The van der Waals surface area contributed by atoms with Gasteiger partial charge in [-0.15, -0.1) is 0 Å². The molecule has 1 unspecified atom stereocenters. The molecule has 0 aromatic carbocycles. The number of rotatable bonds is 3. The summed E-state index contributed by atoms with van der Waals surface area (Å²) in [6.07, 6.45) is -0.287. The lowest BCUT2D eigenvalue weighted by Gasteiger charge is -2.20. The minimum Gasteiger partial charge on any atom is -0.379 e. The molecule has 0 bridgehead atoms. The highest BCUT2D eigenvalue weighted by Gasteiger charge is 2.02. The molecule has 1 atom stereocenters. The molecule has 0 saturated heterocycles. The van der Waals surface area contributed by atoms with E-state index >= 15 is 0 Å². The summed E-state index contributed by atoms with van der Waals surface area (Å²) in [6.45, 7) is 7.71. The molecular formula is C6H18N2O4S. The number of aliphatic hydroxyl groups excluding tert-OH is 1. The minimum absolute atomic E-state index is 0.287. The van der Waals surface area contributed by atoms with Crippen molar-refractivity contribution in [1.29, 1.82) is 0 Å². The number of aliphatic hydroxyl groups is 1. The highest BCUT2D eigenvalue weighted by atomic mass is 32.2. The van der Waals surface area contributed by atoms with E-state index in [-0.39, 0.29) is 6.23 Å². The van der Waals surface area contributed by atoms with Crippen molar-refractivity contribution in [3.05, 3.63) is 0 Å². The van der Waals surface area contributed by atoms with Gasteiger partial charge in [-0.25, -0.2) is 5.14 Å². The maximum absolute atomic E-state index is 8.97. The third kappa shape index (κ3) is 18.6. The Hall–Kier alpha value is -0.210. The summed E-state index contributed by atoms with van der Waals surface area (Å²) >= 11 is 0. The Labute approximate surface area is 79.2 Å². The second kappa shape index (κ2) is 7.22. The van der Waals surface area contributed by atoms with Gasteiger partial charge in [-0.1, -0.05) is 13.8 Å². The summed E-state index contributed by atoms with van der Waals surface area (Å²) in [4.78, 5) is 1.97. The van der Waals surface area contributed by atoms with Crippen molar-refractivity contribution in [2.24, 2.45) is 5.14 Å². The van der Waals surface area contributed by atoms with Crippen molar-refractivity contribution in [1.82, 2.24) is 4.90 Å². The lowest BCUT2D eigenvalue weighted by Crippen LogP contribution is -2.32. The van der Waals surface area contributed by atoms with Gasteiger partial charge >= 0.3 is 10.3 Å². The lowest BCUT2D eigenvalue weighted by molar-refractivity contribution is 0.0265. The summed E-state index contributed by atoms with van der Waals surface area (Å²) in [7, 11) is -4.17. The summed E-state index contributed by atoms with van der Waals surface area (Å²) in [5.74, 6) is 0. The van der Waals surface area contributed by atoms with Gasteiger partial charge in [0.2, 0.25) is 0 Å². The van der Waals surface area contributed by atoms with Gasteiger partial charge in [0.05, 0.1) is 0 Å². The standard InChI is InChI=1S/C6H15NO.H3NO3S/c1-4-7(5-2)6(3)8;1-5(2,3)4/h6,8H,4-5H2,1-3H3;(H3,1,2,3,4). The maximum atomic E-state index is 8.97. The summed E-state index contributed by atoms with van der Waals surface area (Å²) in [6, 6.07) is 0. The largest absolute Gasteiger partial charge is 0.379 e.